The summed E-state index contributed by atoms with van der Waals surface area (Å²) in [5.74, 6) is 0.259. The summed E-state index contributed by atoms with van der Waals surface area (Å²) in [6.07, 6.45) is 4.69. The molecule has 0 atom stereocenters. The Kier molecular flexibility index (Phi) is 5.44. The van der Waals surface area contributed by atoms with Gasteiger partial charge in [0.05, 0.1) is 18.2 Å². The van der Waals surface area contributed by atoms with Gasteiger partial charge in [-0.1, -0.05) is 0 Å². The predicted octanol–water partition coefficient (Wildman–Crippen LogP) is 3.10. The second-order valence-corrected chi connectivity index (χ2v) is 6.93. The van der Waals surface area contributed by atoms with E-state index in [2.05, 4.69) is 15.3 Å². The minimum Gasteiger partial charge on any atom is -0.507 e. The van der Waals surface area contributed by atoms with Gasteiger partial charge >= 0.3 is 0 Å². The Hall–Kier alpha value is -3.39. The predicted molar refractivity (Wildman–Crippen MR) is 106 cm³/mol. The number of rotatable bonds is 5. The molecule has 3 aromatic rings. The summed E-state index contributed by atoms with van der Waals surface area (Å²) in [5.41, 5.74) is 0.564. The third kappa shape index (κ3) is 4.38. The highest BCUT2D eigenvalue weighted by atomic mass is 16.5. The third-order valence-corrected chi connectivity index (χ3v) is 4.84. The topological polar surface area (TPSA) is 114 Å². The summed E-state index contributed by atoms with van der Waals surface area (Å²) in [7, 11) is 0. The SMILES string of the molecule is O=C(Nc1cc(O)c2c(OCC3CCOCC3)nccc2c1)c1ccc(O)cn1. The largest absolute Gasteiger partial charge is 0.507 e. The fraction of sp³-hybridized carbons (Fsp3) is 0.286. The molecule has 1 amide bonds. The van der Waals surface area contributed by atoms with E-state index in [4.69, 9.17) is 9.47 Å². The number of nitrogens with one attached hydrogen (secondary N) is 1. The normalized spacial score (nSPS) is 14.6. The maximum atomic E-state index is 12.3. The quantitative estimate of drug-likeness (QED) is 0.608. The second kappa shape index (κ2) is 8.32. The molecule has 0 bridgehead atoms. The molecule has 3 heterocycles. The van der Waals surface area contributed by atoms with E-state index in [0.29, 0.717) is 34.9 Å². The number of carbonyl (C=O) groups is 1. The van der Waals surface area contributed by atoms with E-state index in [9.17, 15) is 15.0 Å². The lowest BCUT2D eigenvalue weighted by molar-refractivity contribution is 0.0493. The van der Waals surface area contributed by atoms with Crippen LogP contribution in [0, 0.1) is 5.92 Å². The summed E-state index contributed by atoms with van der Waals surface area (Å²) in [6.45, 7) is 1.99. The van der Waals surface area contributed by atoms with Crippen molar-refractivity contribution in [2.45, 2.75) is 12.8 Å². The van der Waals surface area contributed by atoms with Crippen molar-refractivity contribution >= 4 is 22.4 Å². The maximum absolute atomic E-state index is 12.3. The second-order valence-electron chi connectivity index (χ2n) is 6.93. The molecule has 0 saturated carbocycles. The minimum atomic E-state index is -0.450. The number of ether oxygens (including phenoxy) is 2. The van der Waals surface area contributed by atoms with Crippen LogP contribution in [0.4, 0.5) is 5.69 Å². The molecule has 150 valence electrons. The van der Waals surface area contributed by atoms with Gasteiger partial charge in [-0.3, -0.25) is 4.79 Å². The van der Waals surface area contributed by atoms with Gasteiger partial charge in [-0.15, -0.1) is 0 Å². The van der Waals surface area contributed by atoms with Crippen molar-refractivity contribution in [3.8, 4) is 17.4 Å². The summed E-state index contributed by atoms with van der Waals surface area (Å²) in [6, 6.07) is 7.72. The number of aromatic hydroxyl groups is 2. The van der Waals surface area contributed by atoms with Crippen LogP contribution in [0.2, 0.25) is 0 Å². The van der Waals surface area contributed by atoms with Crippen LogP contribution in [0.15, 0.2) is 42.7 Å². The lowest BCUT2D eigenvalue weighted by Crippen LogP contribution is -2.21. The number of fused-ring (bicyclic) bond motifs is 1. The fourth-order valence-electron chi connectivity index (χ4n) is 3.27. The van der Waals surface area contributed by atoms with Crippen molar-refractivity contribution in [1.82, 2.24) is 9.97 Å². The molecule has 1 aliphatic heterocycles. The van der Waals surface area contributed by atoms with Crippen molar-refractivity contribution in [2.24, 2.45) is 5.92 Å². The Morgan fingerprint density at radius 3 is 2.76 bits per heavy atom. The van der Waals surface area contributed by atoms with Crippen molar-refractivity contribution in [2.75, 3.05) is 25.1 Å². The lowest BCUT2D eigenvalue weighted by atomic mass is 10.0. The van der Waals surface area contributed by atoms with Crippen LogP contribution in [0.25, 0.3) is 10.8 Å². The molecule has 1 saturated heterocycles. The summed E-state index contributed by atoms with van der Waals surface area (Å²) >= 11 is 0. The highest BCUT2D eigenvalue weighted by molar-refractivity contribution is 6.05. The summed E-state index contributed by atoms with van der Waals surface area (Å²) < 4.78 is 11.3. The number of phenolic OH excluding ortho intramolecular Hbond substituents is 1. The molecular weight excluding hydrogens is 374 g/mol. The summed E-state index contributed by atoms with van der Waals surface area (Å²) in [4.78, 5) is 20.5. The number of pyridine rings is 2. The molecule has 0 radical (unpaired) electrons. The van der Waals surface area contributed by atoms with E-state index < -0.39 is 5.91 Å². The first-order valence-electron chi connectivity index (χ1n) is 9.39. The average Bonchev–Trinajstić information content (AvgIpc) is 2.73. The van der Waals surface area contributed by atoms with Crippen LogP contribution in [0.3, 0.4) is 0 Å². The van der Waals surface area contributed by atoms with Crippen LogP contribution in [-0.2, 0) is 4.74 Å². The fourth-order valence-corrected chi connectivity index (χ4v) is 3.27. The zero-order chi connectivity index (χ0) is 20.2. The van der Waals surface area contributed by atoms with E-state index in [-0.39, 0.29) is 17.2 Å². The summed E-state index contributed by atoms with van der Waals surface area (Å²) in [5, 5.41) is 23.7. The van der Waals surface area contributed by atoms with Gasteiger partial charge in [0.25, 0.3) is 5.91 Å². The van der Waals surface area contributed by atoms with E-state index in [0.717, 1.165) is 26.1 Å². The zero-order valence-corrected chi connectivity index (χ0v) is 15.7. The number of nitrogens with zero attached hydrogens (tertiary/aromatic N) is 2. The highest BCUT2D eigenvalue weighted by Gasteiger charge is 2.17. The molecule has 8 heteroatoms. The molecule has 1 aliphatic rings. The maximum Gasteiger partial charge on any atom is 0.274 e. The van der Waals surface area contributed by atoms with E-state index in [1.807, 2.05) is 0 Å². The van der Waals surface area contributed by atoms with Gasteiger partial charge < -0.3 is 25.0 Å². The molecule has 1 aromatic carbocycles. The molecule has 4 rings (SSSR count). The van der Waals surface area contributed by atoms with Gasteiger partial charge in [0.15, 0.2) is 0 Å². The van der Waals surface area contributed by atoms with Crippen LogP contribution < -0.4 is 10.1 Å². The van der Waals surface area contributed by atoms with Gasteiger partial charge in [0.1, 0.15) is 17.2 Å². The number of benzene rings is 1. The Balaban J connectivity index is 1.53. The Morgan fingerprint density at radius 2 is 2.00 bits per heavy atom. The third-order valence-electron chi connectivity index (χ3n) is 4.84. The van der Waals surface area contributed by atoms with Crippen LogP contribution >= 0.6 is 0 Å². The van der Waals surface area contributed by atoms with Gasteiger partial charge in [-0.2, -0.15) is 0 Å². The molecule has 3 N–H and O–H groups in total. The van der Waals surface area contributed by atoms with Crippen LogP contribution in [0.1, 0.15) is 23.3 Å². The standard InChI is InChI=1S/C21H21N3O5/c25-16-1-2-17(23-11-16)20(27)24-15-9-14-3-6-22-21(19(14)18(26)10-15)29-12-13-4-7-28-8-5-13/h1-3,6,9-11,13,25-26H,4-5,7-8,12H2,(H,24,27). The lowest BCUT2D eigenvalue weighted by Gasteiger charge is -2.22. The highest BCUT2D eigenvalue weighted by Crippen LogP contribution is 2.35. The zero-order valence-electron chi connectivity index (χ0n) is 15.7. The van der Waals surface area contributed by atoms with Gasteiger partial charge in [0, 0.05) is 31.2 Å². The monoisotopic (exact) mass is 395 g/mol. The number of phenols is 1. The number of hydrogen-bond acceptors (Lipinski definition) is 7. The molecule has 1 fully saturated rings. The average molecular weight is 395 g/mol. The number of anilines is 1. The number of hydrogen-bond donors (Lipinski definition) is 3. The van der Waals surface area contributed by atoms with Gasteiger partial charge in [0.2, 0.25) is 5.88 Å². The van der Waals surface area contributed by atoms with Crippen molar-refractivity contribution in [3.63, 3.8) is 0 Å². The first-order chi connectivity index (χ1) is 14.1. The van der Waals surface area contributed by atoms with E-state index >= 15 is 0 Å². The molecule has 0 unspecified atom stereocenters. The molecule has 8 nitrogen and oxygen atoms in total. The molecule has 29 heavy (non-hydrogen) atoms. The van der Waals surface area contributed by atoms with Crippen molar-refractivity contribution < 1.29 is 24.5 Å². The number of amides is 1. The van der Waals surface area contributed by atoms with E-state index in [1.165, 1.54) is 24.4 Å². The molecular formula is C21H21N3O5. The van der Waals surface area contributed by atoms with Crippen LogP contribution in [0.5, 0.6) is 17.4 Å². The Labute approximate surface area is 167 Å². The van der Waals surface area contributed by atoms with Crippen molar-refractivity contribution in [1.29, 1.82) is 0 Å². The molecule has 0 spiro atoms. The number of carbonyl (C=O) groups excluding carboxylic acids is 1. The van der Waals surface area contributed by atoms with Gasteiger partial charge in [-0.25, -0.2) is 9.97 Å². The van der Waals surface area contributed by atoms with Crippen LogP contribution in [-0.4, -0.2) is 45.9 Å². The smallest absolute Gasteiger partial charge is 0.274 e. The first-order valence-corrected chi connectivity index (χ1v) is 9.39. The Morgan fingerprint density at radius 1 is 1.17 bits per heavy atom. The van der Waals surface area contributed by atoms with Gasteiger partial charge in [-0.05, 0) is 48.4 Å². The Bertz CT molecular complexity index is 1020. The minimum absolute atomic E-state index is 0.0225. The molecule has 2 aromatic heterocycles. The first kappa shape index (κ1) is 18.9. The number of aromatic nitrogens is 2. The molecule has 0 aliphatic carbocycles. The van der Waals surface area contributed by atoms with Crippen molar-refractivity contribution in [3.05, 3.63) is 48.4 Å². The van der Waals surface area contributed by atoms with E-state index in [1.54, 1.807) is 18.3 Å².